The number of rotatable bonds is 4. The molecule has 1 aromatic carbocycles. The van der Waals surface area contributed by atoms with Gasteiger partial charge in [-0.3, -0.25) is 13.8 Å². The molecule has 31 heavy (non-hydrogen) atoms. The number of carbonyl (C=O) groups is 1. The second-order valence-electron chi connectivity index (χ2n) is 6.60. The highest BCUT2D eigenvalue weighted by Crippen LogP contribution is 2.55. The lowest BCUT2D eigenvalue weighted by Crippen LogP contribution is -2.46. The van der Waals surface area contributed by atoms with Crippen LogP contribution in [0.3, 0.4) is 0 Å². The van der Waals surface area contributed by atoms with Crippen molar-refractivity contribution in [3.8, 4) is 18.1 Å². The van der Waals surface area contributed by atoms with Crippen LogP contribution in [0.4, 0.5) is 8.78 Å². The van der Waals surface area contributed by atoms with E-state index in [-0.39, 0.29) is 22.7 Å². The van der Waals surface area contributed by atoms with Gasteiger partial charge in [0.25, 0.3) is 5.91 Å². The molecule has 12 heteroatoms. The Hall–Kier alpha value is -2.74. The van der Waals surface area contributed by atoms with Crippen LogP contribution in [0.5, 0.6) is 5.75 Å². The zero-order valence-corrected chi connectivity index (χ0v) is 16.5. The van der Waals surface area contributed by atoms with E-state index in [0.29, 0.717) is 4.90 Å². The van der Waals surface area contributed by atoms with Crippen molar-refractivity contribution in [3.63, 3.8) is 0 Å². The van der Waals surface area contributed by atoms with E-state index in [1.54, 1.807) is 0 Å². The van der Waals surface area contributed by atoms with E-state index in [2.05, 4.69) is 11.9 Å². The number of benzene rings is 1. The van der Waals surface area contributed by atoms with Crippen LogP contribution >= 0.6 is 7.82 Å². The van der Waals surface area contributed by atoms with Crippen LogP contribution in [0.2, 0.25) is 0 Å². The second kappa shape index (κ2) is 7.75. The Bertz CT molecular complexity index is 1210. The summed E-state index contributed by atoms with van der Waals surface area (Å²) in [6.45, 7) is -0.590. The maximum absolute atomic E-state index is 15.8. The molecule has 3 aliphatic rings. The number of nitrogens with zero attached hydrogens (tertiary/aromatic N) is 1. The van der Waals surface area contributed by atoms with E-state index in [1.165, 1.54) is 0 Å². The van der Waals surface area contributed by atoms with Crippen molar-refractivity contribution in [2.24, 2.45) is 0 Å². The van der Waals surface area contributed by atoms with Gasteiger partial charge in [0, 0.05) is 18.2 Å². The molecule has 1 amide bonds. The van der Waals surface area contributed by atoms with Crippen LogP contribution in [0.15, 0.2) is 42.4 Å². The summed E-state index contributed by atoms with van der Waals surface area (Å²) in [5, 5.41) is 12.7. The second-order valence-corrected chi connectivity index (χ2v) is 8.12. The highest BCUT2D eigenvalue weighted by Gasteiger charge is 2.51. The number of terminal acetylenes is 1. The maximum atomic E-state index is 15.8. The van der Waals surface area contributed by atoms with E-state index in [0.717, 1.165) is 24.4 Å². The smallest absolute Gasteiger partial charge is 0.404 e. The van der Waals surface area contributed by atoms with Gasteiger partial charge in [0.05, 0.1) is 10.7 Å². The number of phosphoric ester groups is 1. The van der Waals surface area contributed by atoms with Gasteiger partial charge >= 0.3 is 7.82 Å². The Morgan fingerprint density at radius 1 is 1.61 bits per heavy atom. The maximum Gasteiger partial charge on any atom is 0.530 e. The van der Waals surface area contributed by atoms with Crippen LogP contribution in [-0.4, -0.2) is 40.6 Å². The predicted octanol–water partition coefficient (Wildman–Crippen LogP) is 2.05. The summed E-state index contributed by atoms with van der Waals surface area (Å²) in [5.74, 6) is -3.32. The molecule has 0 saturated carbocycles. The standard InChI is InChI=1S/C19H17F2N2O7P/c1-3-12-8-23(11(2)22-17(12)25)18-15(24)7-19(21,29-18)10-28-31(26)27-9-13-6-14(20)4-5-16(13)30-31/h1,4-6,8,15,18,24H,2,7,9-10H2,(H,22,25)/t15-,18-,19+,31?/m1/s1/i10D2,18D. The fraction of sp³-hybridized carbons (Fsp3) is 0.316. The molecular formula is C19H17F2N2O7P. The summed E-state index contributed by atoms with van der Waals surface area (Å²) in [6, 6.07) is 3.14. The lowest BCUT2D eigenvalue weighted by atomic mass is 10.1. The number of aliphatic hydroxyl groups excluding tert-OH is 1. The lowest BCUT2D eigenvalue weighted by molar-refractivity contribution is -0.184. The number of aliphatic hydroxyl groups is 1. The summed E-state index contributed by atoms with van der Waals surface area (Å²) < 4.78 is 86.2. The molecule has 164 valence electrons. The molecule has 1 unspecified atom stereocenters. The first kappa shape index (κ1) is 17.9. The Kier molecular flexibility index (Phi) is 4.47. The van der Waals surface area contributed by atoms with Crippen molar-refractivity contribution in [1.29, 1.82) is 0 Å². The number of alkyl halides is 1. The van der Waals surface area contributed by atoms with Crippen LogP contribution < -0.4 is 9.84 Å². The molecule has 0 bridgehead atoms. The number of phosphoric acid groups is 1. The SMILES string of the molecule is [2H]C([2H])(OP1(=O)OCc2cc(F)ccc2O1)[C@]1(F)C[C@@H](O)[C@]([2H])(N2C=C(C#C)C(=O)NC2=C)O1. The highest BCUT2D eigenvalue weighted by atomic mass is 31.2. The van der Waals surface area contributed by atoms with Crippen molar-refractivity contribution in [2.75, 3.05) is 6.56 Å². The molecule has 4 rings (SSSR count). The number of carbonyl (C=O) groups excluding carboxylic acids is 1. The van der Waals surface area contributed by atoms with E-state index < -0.39 is 57.3 Å². The van der Waals surface area contributed by atoms with Gasteiger partial charge in [0.1, 0.15) is 35.6 Å². The van der Waals surface area contributed by atoms with E-state index in [9.17, 15) is 18.9 Å². The van der Waals surface area contributed by atoms with Crippen LogP contribution in [-0.2, 0) is 29.8 Å². The minimum absolute atomic E-state index is 0.130. The summed E-state index contributed by atoms with van der Waals surface area (Å²) in [6.07, 6.45) is 0.181. The molecule has 3 heterocycles. The average Bonchev–Trinajstić information content (AvgIpc) is 2.98. The minimum atomic E-state index is -4.79. The minimum Gasteiger partial charge on any atom is -0.404 e. The predicted molar refractivity (Wildman–Crippen MR) is 101 cm³/mol. The van der Waals surface area contributed by atoms with E-state index >= 15 is 4.39 Å². The Morgan fingerprint density at radius 3 is 3.13 bits per heavy atom. The molecule has 0 aliphatic carbocycles. The molecule has 1 fully saturated rings. The Balaban J connectivity index is 1.59. The van der Waals surface area contributed by atoms with Crippen LogP contribution in [0.1, 0.15) is 16.1 Å². The summed E-state index contributed by atoms with van der Waals surface area (Å²) in [7, 11) is -4.79. The van der Waals surface area contributed by atoms with Crippen molar-refractivity contribution >= 4 is 13.7 Å². The molecule has 1 aromatic rings. The summed E-state index contributed by atoms with van der Waals surface area (Å²) in [5.41, 5.74) is -0.140. The third-order valence-electron chi connectivity index (χ3n) is 4.37. The van der Waals surface area contributed by atoms with Gasteiger partial charge in [-0.2, -0.15) is 0 Å². The zero-order chi connectivity index (χ0) is 25.1. The lowest BCUT2D eigenvalue weighted by Gasteiger charge is -2.34. The van der Waals surface area contributed by atoms with Crippen molar-refractivity contribution in [3.05, 3.63) is 53.8 Å². The molecule has 0 spiro atoms. The Morgan fingerprint density at radius 2 is 2.39 bits per heavy atom. The van der Waals surface area contributed by atoms with Crippen LogP contribution in [0.25, 0.3) is 0 Å². The Labute approximate surface area is 180 Å². The molecule has 4 atom stereocenters. The van der Waals surface area contributed by atoms with Gasteiger partial charge in [0.2, 0.25) is 5.85 Å². The fourth-order valence-electron chi connectivity index (χ4n) is 2.92. The number of nitrogens with one attached hydrogen (secondary N) is 1. The molecular weight excluding hydrogens is 437 g/mol. The molecule has 2 N–H and O–H groups in total. The van der Waals surface area contributed by atoms with Crippen LogP contribution in [0, 0.1) is 18.2 Å². The first-order chi connectivity index (χ1) is 15.7. The number of halogens is 2. The normalized spacial score (nSPS) is 36.8. The first-order valence-electron chi connectivity index (χ1n) is 10.2. The molecule has 0 radical (unpaired) electrons. The van der Waals surface area contributed by atoms with Crippen molar-refractivity contribution in [1.82, 2.24) is 10.2 Å². The van der Waals surface area contributed by atoms with Gasteiger partial charge < -0.3 is 24.6 Å². The third kappa shape index (κ3) is 4.21. The molecule has 3 aliphatic heterocycles. The van der Waals surface area contributed by atoms with Gasteiger partial charge in [-0.1, -0.05) is 12.5 Å². The number of hydrogen-bond acceptors (Lipinski definition) is 8. The molecule has 1 saturated heterocycles. The summed E-state index contributed by atoms with van der Waals surface area (Å²) >= 11 is 0. The summed E-state index contributed by atoms with van der Waals surface area (Å²) in [4.78, 5) is 12.5. The molecule has 0 aromatic heterocycles. The van der Waals surface area contributed by atoms with Gasteiger partial charge in [-0.15, -0.1) is 6.42 Å². The van der Waals surface area contributed by atoms with E-state index in [4.69, 9.17) is 28.8 Å². The first-order valence-corrected chi connectivity index (χ1v) is 10.2. The number of ether oxygens (including phenoxy) is 1. The number of amides is 1. The van der Waals surface area contributed by atoms with Crippen molar-refractivity contribution < 1.29 is 45.7 Å². The largest absolute Gasteiger partial charge is 0.530 e. The highest BCUT2D eigenvalue weighted by molar-refractivity contribution is 7.49. The monoisotopic (exact) mass is 457 g/mol. The van der Waals surface area contributed by atoms with E-state index in [1.807, 2.05) is 5.92 Å². The fourth-order valence-corrected chi connectivity index (χ4v) is 4.03. The zero-order valence-electron chi connectivity index (χ0n) is 18.6. The quantitative estimate of drug-likeness (QED) is 0.523. The third-order valence-corrected chi connectivity index (χ3v) is 5.55. The van der Waals surface area contributed by atoms with Gasteiger partial charge in [-0.25, -0.2) is 13.3 Å². The van der Waals surface area contributed by atoms with Crippen molar-refractivity contribution in [2.45, 2.75) is 31.2 Å². The topological polar surface area (TPSA) is 107 Å². The van der Waals surface area contributed by atoms with Gasteiger partial charge in [-0.05, 0) is 18.2 Å². The average molecular weight is 457 g/mol. The van der Waals surface area contributed by atoms with Gasteiger partial charge in [0.15, 0.2) is 6.20 Å². The number of fused-ring (bicyclic) bond motifs is 1. The number of hydrogen-bond donors (Lipinski definition) is 2. The molecule has 9 nitrogen and oxygen atoms in total.